The molecular formula is C26H33N3O6. The molecule has 0 unspecified atom stereocenters. The molecule has 3 N–H and O–H groups in total. The molecule has 0 radical (unpaired) electrons. The predicted molar refractivity (Wildman–Crippen MR) is 126 cm³/mol. The number of aliphatic hydroxyl groups is 2. The van der Waals surface area contributed by atoms with Crippen LogP contribution in [-0.2, 0) is 20.9 Å². The number of amides is 3. The van der Waals surface area contributed by atoms with E-state index in [9.17, 15) is 24.6 Å². The summed E-state index contributed by atoms with van der Waals surface area (Å²) in [6.45, 7) is 0.0995. The highest BCUT2D eigenvalue weighted by molar-refractivity contribution is 6.06. The van der Waals surface area contributed by atoms with Crippen LogP contribution in [0, 0.1) is 23.7 Å². The monoisotopic (exact) mass is 483 g/mol. The molecule has 1 heterocycles. The van der Waals surface area contributed by atoms with Crippen molar-refractivity contribution in [2.75, 3.05) is 0 Å². The zero-order chi connectivity index (χ0) is 24.5. The number of nitrogens with zero attached hydrogens (tertiary/aromatic N) is 2. The lowest BCUT2D eigenvalue weighted by Crippen LogP contribution is -2.55. The molecule has 6 atom stereocenters. The summed E-state index contributed by atoms with van der Waals surface area (Å²) in [6.07, 6.45) is 3.01. The number of rotatable bonds is 4. The van der Waals surface area contributed by atoms with E-state index in [4.69, 9.17) is 4.74 Å². The molecule has 4 aliphatic rings. The summed E-state index contributed by atoms with van der Waals surface area (Å²) in [4.78, 5) is 40.5. The molecule has 35 heavy (non-hydrogen) atoms. The minimum absolute atomic E-state index is 0.0624. The molecule has 9 nitrogen and oxygen atoms in total. The lowest BCUT2D eigenvalue weighted by Gasteiger charge is -2.45. The van der Waals surface area contributed by atoms with Gasteiger partial charge >= 0.3 is 6.09 Å². The number of likely N-dealkylation sites (tertiary alicyclic amines) is 1. The second-order valence-corrected chi connectivity index (χ2v) is 10.3. The Labute approximate surface area is 204 Å². The van der Waals surface area contributed by atoms with Crippen LogP contribution in [0.25, 0.3) is 0 Å². The van der Waals surface area contributed by atoms with Crippen LogP contribution in [0.5, 0.6) is 0 Å². The summed E-state index contributed by atoms with van der Waals surface area (Å²) in [5, 5.41) is 25.8. The van der Waals surface area contributed by atoms with Gasteiger partial charge < -0.3 is 14.9 Å². The fourth-order valence-electron chi connectivity index (χ4n) is 6.59. The fourth-order valence-corrected chi connectivity index (χ4v) is 6.59. The van der Waals surface area contributed by atoms with Crippen molar-refractivity contribution in [2.24, 2.45) is 28.8 Å². The van der Waals surface area contributed by atoms with Gasteiger partial charge in [0.05, 0.1) is 24.0 Å². The van der Waals surface area contributed by atoms with Crippen LogP contribution >= 0.6 is 0 Å². The van der Waals surface area contributed by atoms with Crippen LogP contribution in [0.2, 0.25) is 0 Å². The Morgan fingerprint density at radius 2 is 1.71 bits per heavy atom. The van der Waals surface area contributed by atoms with Crippen LogP contribution < -0.4 is 5.43 Å². The van der Waals surface area contributed by atoms with E-state index in [2.05, 4.69) is 10.5 Å². The Morgan fingerprint density at radius 1 is 1.00 bits per heavy atom. The second kappa shape index (κ2) is 10.1. The standard InChI is InChI=1S/C26H33N3O6/c30-20-13-19(27-28-26(34)35-14-15-7-3-1-4-8-15)17-11-12-18-22(21(17)23(20)31)25(33)29(24(18)32)16-9-5-2-6-10-16/h1,3-4,7-8,16-18,20-23,30-31H,2,5-6,9-14H2,(H,28,34)/b27-19+/t17-,18+,20+,21-,22+,23+/m0/s1. The van der Waals surface area contributed by atoms with E-state index in [1.54, 1.807) is 0 Å². The maximum atomic E-state index is 13.5. The number of carbonyl (C=O) groups excluding carboxylic acids is 3. The minimum atomic E-state index is -1.13. The van der Waals surface area contributed by atoms with Crippen molar-refractivity contribution in [3.05, 3.63) is 35.9 Å². The average Bonchev–Trinajstić information content (AvgIpc) is 3.14. The first-order valence-corrected chi connectivity index (χ1v) is 12.7. The van der Waals surface area contributed by atoms with Crippen molar-refractivity contribution >= 4 is 23.6 Å². The van der Waals surface area contributed by atoms with Crippen molar-refractivity contribution in [3.8, 4) is 0 Å². The van der Waals surface area contributed by atoms with Gasteiger partial charge in [-0.05, 0) is 31.2 Å². The molecule has 4 fully saturated rings. The van der Waals surface area contributed by atoms with E-state index >= 15 is 0 Å². The average molecular weight is 484 g/mol. The fraction of sp³-hybridized carbons (Fsp3) is 0.615. The zero-order valence-electron chi connectivity index (χ0n) is 19.7. The summed E-state index contributed by atoms with van der Waals surface area (Å²) in [5.41, 5.74) is 3.77. The molecule has 188 valence electrons. The molecule has 0 bridgehead atoms. The van der Waals surface area contributed by atoms with Gasteiger partial charge in [0, 0.05) is 30.0 Å². The van der Waals surface area contributed by atoms with Crippen molar-refractivity contribution in [2.45, 2.75) is 76.2 Å². The molecular weight excluding hydrogens is 450 g/mol. The summed E-state index contributed by atoms with van der Waals surface area (Å²) in [7, 11) is 0. The van der Waals surface area contributed by atoms with Crippen molar-refractivity contribution in [3.63, 3.8) is 0 Å². The smallest absolute Gasteiger partial charge is 0.428 e. The minimum Gasteiger partial charge on any atom is -0.443 e. The SMILES string of the molecule is O=C(N/N=C1\C[C@@H](O)[C@@H](O)[C@@H]2[C@@H]3C(=O)N(C4CCCCC4)C(=O)[C@@H]3CC[C@@H]12)OCc1ccccc1. The second-order valence-electron chi connectivity index (χ2n) is 10.3. The summed E-state index contributed by atoms with van der Waals surface area (Å²) in [6, 6.07) is 9.21. The largest absolute Gasteiger partial charge is 0.443 e. The number of imide groups is 1. The van der Waals surface area contributed by atoms with E-state index in [0.29, 0.717) is 18.6 Å². The van der Waals surface area contributed by atoms with Gasteiger partial charge in [-0.3, -0.25) is 14.5 Å². The molecule has 1 saturated heterocycles. The van der Waals surface area contributed by atoms with Crippen molar-refractivity contribution < 1.29 is 29.3 Å². The summed E-state index contributed by atoms with van der Waals surface area (Å²) in [5.74, 6) is -2.38. The number of fused-ring (bicyclic) bond motifs is 3. The van der Waals surface area contributed by atoms with E-state index < -0.39 is 36.1 Å². The molecule has 5 rings (SSSR count). The first kappa shape index (κ1) is 23.9. The molecule has 3 aliphatic carbocycles. The topological polar surface area (TPSA) is 129 Å². The molecule has 1 aromatic rings. The first-order chi connectivity index (χ1) is 17.0. The molecule has 0 spiro atoms. The van der Waals surface area contributed by atoms with Gasteiger partial charge in [0.2, 0.25) is 11.8 Å². The third-order valence-electron chi connectivity index (χ3n) is 8.26. The number of hydrogen-bond donors (Lipinski definition) is 3. The molecule has 1 aliphatic heterocycles. The maximum absolute atomic E-state index is 13.5. The van der Waals surface area contributed by atoms with Crippen molar-refractivity contribution in [1.82, 2.24) is 10.3 Å². The van der Waals surface area contributed by atoms with Crippen LogP contribution in [0.3, 0.4) is 0 Å². The van der Waals surface area contributed by atoms with Gasteiger partial charge in [-0.1, -0.05) is 49.6 Å². The third-order valence-corrected chi connectivity index (χ3v) is 8.26. The number of carbonyl (C=O) groups is 3. The van der Waals surface area contributed by atoms with Gasteiger partial charge in [0.1, 0.15) is 6.61 Å². The molecule has 3 saturated carbocycles. The van der Waals surface area contributed by atoms with Crippen LogP contribution in [0.4, 0.5) is 4.79 Å². The van der Waals surface area contributed by atoms with E-state index in [-0.39, 0.29) is 36.8 Å². The number of benzene rings is 1. The quantitative estimate of drug-likeness (QED) is 0.446. The van der Waals surface area contributed by atoms with Crippen LogP contribution in [0.15, 0.2) is 35.4 Å². The Hall–Kier alpha value is -2.78. The molecule has 0 aromatic heterocycles. The normalized spacial score (nSPS) is 34.5. The van der Waals surface area contributed by atoms with Gasteiger partial charge in [-0.15, -0.1) is 0 Å². The van der Waals surface area contributed by atoms with Gasteiger partial charge in [0.15, 0.2) is 0 Å². The van der Waals surface area contributed by atoms with E-state index in [1.165, 1.54) is 4.90 Å². The van der Waals surface area contributed by atoms with Gasteiger partial charge in [0.25, 0.3) is 0 Å². The number of hydrazone groups is 1. The lowest BCUT2D eigenvalue weighted by molar-refractivity contribution is -0.145. The highest BCUT2D eigenvalue weighted by atomic mass is 16.6. The molecule has 9 heteroatoms. The first-order valence-electron chi connectivity index (χ1n) is 12.7. The Kier molecular flexibility index (Phi) is 6.88. The molecule has 1 aromatic carbocycles. The maximum Gasteiger partial charge on any atom is 0.428 e. The zero-order valence-corrected chi connectivity index (χ0v) is 19.7. The summed E-state index contributed by atoms with van der Waals surface area (Å²) < 4.78 is 5.21. The Morgan fingerprint density at radius 3 is 2.46 bits per heavy atom. The number of nitrogens with one attached hydrogen (secondary N) is 1. The van der Waals surface area contributed by atoms with Crippen molar-refractivity contribution in [1.29, 1.82) is 0 Å². The number of ether oxygens (including phenoxy) is 1. The highest BCUT2D eigenvalue weighted by Crippen LogP contribution is 2.50. The Bertz CT molecular complexity index is 992. The Balaban J connectivity index is 1.30. The van der Waals surface area contributed by atoms with Gasteiger partial charge in [-0.25, -0.2) is 10.2 Å². The van der Waals surface area contributed by atoms with Crippen LogP contribution in [-0.4, -0.2) is 57.0 Å². The number of hydrogen-bond acceptors (Lipinski definition) is 7. The molecule has 3 amide bonds. The van der Waals surface area contributed by atoms with Gasteiger partial charge in [-0.2, -0.15) is 5.10 Å². The van der Waals surface area contributed by atoms with E-state index in [1.807, 2.05) is 30.3 Å². The number of aliphatic hydroxyl groups excluding tert-OH is 2. The van der Waals surface area contributed by atoms with E-state index in [0.717, 1.165) is 37.7 Å². The highest BCUT2D eigenvalue weighted by Gasteiger charge is 2.60. The summed E-state index contributed by atoms with van der Waals surface area (Å²) >= 11 is 0. The lowest BCUT2D eigenvalue weighted by atomic mass is 9.60. The predicted octanol–water partition coefficient (Wildman–Crippen LogP) is 2.35. The third kappa shape index (κ3) is 4.59. The van der Waals surface area contributed by atoms with Crippen LogP contribution in [0.1, 0.15) is 56.9 Å².